The van der Waals surface area contributed by atoms with E-state index in [1.807, 2.05) is 18.0 Å². The number of nitrogens with zero attached hydrogens (tertiary/aromatic N) is 1. The smallest absolute Gasteiger partial charge is 0.260 e. The lowest BCUT2D eigenvalue weighted by atomic mass is 9.94. The van der Waals surface area contributed by atoms with E-state index in [1.54, 1.807) is 0 Å². The van der Waals surface area contributed by atoms with Crippen LogP contribution in [0.1, 0.15) is 57.4 Å². The maximum atomic E-state index is 12.3. The van der Waals surface area contributed by atoms with Crippen LogP contribution in [-0.2, 0) is 4.79 Å². The van der Waals surface area contributed by atoms with Crippen molar-refractivity contribution >= 4 is 21.8 Å². The second-order valence-electron chi connectivity index (χ2n) is 6.43. The molecule has 0 unspecified atom stereocenters. The number of hydrogen-bond donors (Lipinski definition) is 0. The third-order valence-electron chi connectivity index (χ3n) is 4.49. The van der Waals surface area contributed by atoms with Crippen LogP contribution in [0.25, 0.3) is 0 Å². The van der Waals surface area contributed by atoms with E-state index >= 15 is 0 Å². The molecule has 0 radical (unpaired) electrons. The van der Waals surface area contributed by atoms with Crippen molar-refractivity contribution in [2.45, 2.75) is 57.9 Å². The summed E-state index contributed by atoms with van der Waals surface area (Å²) in [5, 5.41) is 0. The molecule has 22 heavy (non-hydrogen) atoms. The van der Waals surface area contributed by atoms with Crippen molar-refractivity contribution in [3.63, 3.8) is 0 Å². The van der Waals surface area contributed by atoms with Crippen LogP contribution in [0.5, 0.6) is 5.75 Å². The lowest BCUT2D eigenvalue weighted by Crippen LogP contribution is -2.40. The fourth-order valence-electron chi connectivity index (χ4n) is 2.91. The first-order valence-corrected chi connectivity index (χ1v) is 8.96. The molecule has 0 spiro atoms. The summed E-state index contributed by atoms with van der Waals surface area (Å²) >= 11 is 3.53. The molecule has 1 aromatic rings. The minimum Gasteiger partial charge on any atom is -0.483 e. The zero-order valence-electron chi connectivity index (χ0n) is 13.8. The predicted molar refractivity (Wildman–Crippen MR) is 93.4 cm³/mol. The van der Waals surface area contributed by atoms with Crippen LogP contribution in [0.4, 0.5) is 0 Å². The fraction of sp³-hybridized carbons (Fsp3) is 0.611. The van der Waals surface area contributed by atoms with E-state index in [-0.39, 0.29) is 12.5 Å². The van der Waals surface area contributed by atoms with Gasteiger partial charge in [-0.1, -0.05) is 39.2 Å². The van der Waals surface area contributed by atoms with Crippen LogP contribution in [0.3, 0.4) is 0 Å². The van der Waals surface area contributed by atoms with Gasteiger partial charge in [-0.25, -0.2) is 0 Å². The topological polar surface area (TPSA) is 29.5 Å². The maximum Gasteiger partial charge on any atom is 0.260 e. The van der Waals surface area contributed by atoms with Crippen LogP contribution < -0.4 is 4.74 Å². The molecular weight excluding hydrogens is 342 g/mol. The van der Waals surface area contributed by atoms with E-state index in [1.165, 1.54) is 24.8 Å². The Morgan fingerprint density at radius 2 is 2.00 bits per heavy atom. The second kappa shape index (κ2) is 8.00. The Balaban J connectivity index is 1.90. The summed E-state index contributed by atoms with van der Waals surface area (Å²) in [7, 11) is 1.90. The van der Waals surface area contributed by atoms with Gasteiger partial charge in [-0.2, -0.15) is 0 Å². The molecule has 1 amide bonds. The standard InChI is InChI=1S/C18H26BrNO2/c1-13(2)14-9-10-17(16(19)11-14)22-12-18(21)20(3)15-7-5-4-6-8-15/h9-11,13,15H,4-8,12H2,1-3H3. The van der Waals surface area contributed by atoms with E-state index < -0.39 is 0 Å². The summed E-state index contributed by atoms with van der Waals surface area (Å²) in [6.07, 6.45) is 5.99. The third-order valence-corrected chi connectivity index (χ3v) is 5.11. The number of halogens is 1. The maximum absolute atomic E-state index is 12.3. The Morgan fingerprint density at radius 3 is 2.59 bits per heavy atom. The Hall–Kier alpha value is -1.03. The Morgan fingerprint density at radius 1 is 1.32 bits per heavy atom. The number of hydrogen-bond acceptors (Lipinski definition) is 2. The number of amides is 1. The lowest BCUT2D eigenvalue weighted by Gasteiger charge is -2.31. The van der Waals surface area contributed by atoms with Gasteiger partial charge in [-0.3, -0.25) is 4.79 Å². The number of ether oxygens (including phenoxy) is 1. The lowest BCUT2D eigenvalue weighted by molar-refractivity contribution is -0.134. The van der Waals surface area contributed by atoms with Gasteiger partial charge in [0.1, 0.15) is 5.75 Å². The molecule has 1 aliphatic rings. The number of carbonyl (C=O) groups excluding carboxylic acids is 1. The average molecular weight is 368 g/mol. The molecule has 0 bridgehead atoms. The number of benzene rings is 1. The number of rotatable bonds is 5. The Labute approximate surface area is 142 Å². The molecule has 0 aromatic heterocycles. The summed E-state index contributed by atoms with van der Waals surface area (Å²) in [5.41, 5.74) is 1.25. The van der Waals surface area contributed by atoms with Crippen molar-refractivity contribution in [3.8, 4) is 5.75 Å². The van der Waals surface area contributed by atoms with Crippen LogP contribution in [-0.4, -0.2) is 30.5 Å². The monoisotopic (exact) mass is 367 g/mol. The average Bonchev–Trinajstić information content (AvgIpc) is 2.53. The van der Waals surface area contributed by atoms with Gasteiger partial charge in [0.15, 0.2) is 6.61 Å². The van der Waals surface area contributed by atoms with E-state index in [0.717, 1.165) is 23.1 Å². The predicted octanol–water partition coefficient (Wildman–Crippen LogP) is 4.74. The van der Waals surface area contributed by atoms with Crippen molar-refractivity contribution in [1.29, 1.82) is 0 Å². The van der Waals surface area contributed by atoms with Gasteiger partial charge in [-0.05, 0) is 52.4 Å². The van der Waals surface area contributed by atoms with Crippen LogP contribution >= 0.6 is 15.9 Å². The highest BCUT2D eigenvalue weighted by molar-refractivity contribution is 9.10. The quantitative estimate of drug-likeness (QED) is 0.751. The highest BCUT2D eigenvalue weighted by atomic mass is 79.9. The summed E-state index contributed by atoms with van der Waals surface area (Å²) in [4.78, 5) is 14.2. The van der Waals surface area contributed by atoms with Gasteiger partial charge in [0.25, 0.3) is 5.91 Å². The molecule has 0 saturated heterocycles. The fourth-order valence-corrected chi connectivity index (χ4v) is 3.42. The molecule has 0 atom stereocenters. The first-order chi connectivity index (χ1) is 10.5. The normalized spacial score (nSPS) is 15.9. The molecule has 0 heterocycles. The number of carbonyl (C=O) groups is 1. The van der Waals surface area contributed by atoms with Crippen molar-refractivity contribution in [2.24, 2.45) is 0 Å². The Kier molecular flexibility index (Phi) is 6.30. The van der Waals surface area contributed by atoms with Gasteiger partial charge in [0.2, 0.25) is 0 Å². The van der Waals surface area contributed by atoms with Crippen LogP contribution in [0.2, 0.25) is 0 Å². The van der Waals surface area contributed by atoms with E-state index in [4.69, 9.17) is 4.74 Å². The van der Waals surface area contributed by atoms with Crippen LogP contribution in [0.15, 0.2) is 22.7 Å². The van der Waals surface area contributed by atoms with Crippen LogP contribution in [0, 0.1) is 0 Å². The van der Waals surface area contributed by atoms with Crippen molar-refractivity contribution in [2.75, 3.05) is 13.7 Å². The summed E-state index contributed by atoms with van der Waals surface area (Å²) in [6.45, 7) is 4.42. The SMILES string of the molecule is CC(C)c1ccc(OCC(=O)N(C)C2CCCCC2)c(Br)c1. The largest absolute Gasteiger partial charge is 0.483 e. The summed E-state index contributed by atoms with van der Waals surface area (Å²) in [5.74, 6) is 1.27. The second-order valence-corrected chi connectivity index (χ2v) is 7.28. The van der Waals surface area contributed by atoms with Crippen molar-refractivity contribution < 1.29 is 9.53 Å². The van der Waals surface area contributed by atoms with Crippen molar-refractivity contribution in [1.82, 2.24) is 4.90 Å². The molecule has 0 N–H and O–H groups in total. The van der Waals surface area contributed by atoms with E-state index in [0.29, 0.717) is 12.0 Å². The van der Waals surface area contributed by atoms with E-state index in [9.17, 15) is 4.79 Å². The molecule has 4 heteroatoms. The zero-order valence-corrected chi connectivity index (χ0v) is 15.4. The molecule has 2 rings (SSSR count). The minimum atomic E-state index is 0.0618. The Bertz CT molecular complexity index is 510. The van der Waals surface area contributed by atoms with Crippen molar-refractivity contribution in [3.05, 3.63) is 28.2 Å². The zero-order chi connectivity index (χ0) is 16.1. The highest BCUT2D eigenvalue weighted by Crippen LogP contribution is 2.29. The molecule has 3 nitrogen and oxygen atoms in total. The molecule has 1 fully saturated rings. The summed E-state index contributed by atoms with van der Waals surface area (Å²) in [6, 6.07) is 6.44. The third kappa shape index (κ3) is 4.48. The highest BCUT2D eigenvalue weighted by Gasteiger charge is 2.22. The van der Waals surface area contributed by atoms with Gasteiger partial charge < -0.3 is 9.64 Å². The molecule has 0 aliphatic heterocycles. The molecule has 1 aliphatic carbocycles. The van der Waals surface area contributed by atoms with Gasteiger partial charge in [0, 0.05) is 13.1 Å². The van der Waals surface area contributed by atoms with Gasteiger partial charge in [-0.15, -0.1) is 0 Å². The number of likely N-dealkylation sites (N-methyl/N-ethyl adjacent to an activating group) is 1. The summed E-state index contributed by atoms with van der Waals surface area (Å²) < 4.78 is 6.62. The molecule has 1 aromatic carbocycles. The molecule has 1 saturated carbocycles. The molecule has 122 valence electrons. The van der Waals surface area contributed by atoms with E-state index in [2.05, 4.69) is 41.9 Å². The molecular formula is C18H26BrNO2. The van der Waals surface area contributed by atoms with Gasteiger partial charge >= 0.3 is 0 Å². The minimum absolute atomic E-state index is 0.0618. The van der Waals surface area contributed by atoms with Gasteiger partial charge in [0.05, 0.1) is 4.47 Å². The first kappa shape index (κ1) is 17.3. The first-order valence-electron chi connectivity index (χ1n) is 8.17.